The highest BCUT2D eigenvalue weighted by molar-refractivity contribution is 5.53. The molecule has 0 amide bonds. The van der Waals surface area contributed by atoms with Crippen LogP contribution in [0.5, 0.6) is 5.75 Å². The van der Waals surface area contributed by atoms with E-state index in [1.807, 2.05) is 45.0 Å². The molecule has 2 heterocycles. The summed E-state index contributed by atoms with van der Waals surface area (Å²) in [5.74, 6) is -0.0178. The molecule has 0 saturated carbocycles. The average Bonchev–Trinajstić information content (AvgIpc) is 2.80. The first kappa shape index (κ1) is 25.1. The van der Waals surface area contributed by atoms with E-state index in [0.717, 1.165) is 30.4 Å². The third-order valence-corrected chi connectivity index (χ3v) is 6.52. The van der Waals surface area contributed by atoms with E-state index < -0.39 is 12.1 Å². The van der Waals surface area contributed by atoms with Crippen molar-refractivity contribution >= 4 is 6.29 Å². The highest BCUT2D eigenvalue weighted by Crippen LogP contribution is 2.36. The van der Waals surface area contributed by atoms with Crippen LogP contribution in [0.15, 0.2) is 24.3 Å². The lowest BCUT2D eigenvalue weighted by molar-refractivity contribution is -0.316. The Hall–Kier alpha value is -1.51. The van der Waals surface area contributed by atoms with Gasteiger partial charge >= 0.3 is 0 Å². The Balaban J connectivity index is 1.63. The lowest BCUT2D eigenvalue weighted by Crippen LogP contribution is -2.51. The van der Waals surface area contributed by atoms with Crippen LogP contribution in [-0.2, 0) is 28.5 Å². The zero-order chi connectivity index (χ0) is 23.3. The summed E-state index contributed by atoms with van der Waals surface area (Å²) in [7, 11) is 3.38. The molecule has 7 atom stereocenters. The van der Waals surface area contributed by atoms with E-state index in [9.17, 15) is 4.79 Å². The van der Waals surface area contributed by atoms with Crippen LogP contribution in [0.1, 0.15) is 58.8 Å². The third-order valence-electron chi connectivity index (χ3n) is 6.52. The van der Waals surface area contributed by atoms with Gasteiger partial charge < -0.3 is 33.2 Å². The second kappa shape index (κ2) is 11.1. The average molecular weight is 451 g/mol. The number of benzene rings is 1. The number of rotatable bonds is 9. The molecule has 0 aromatic heterocycles. The highest BCUT2D eigenvalue weighted by Gasteiger charge is 2.42. The van der Waals surface area contributed by atoms with Crippen molar-refractivity contribution in [2.45, 2.75) is 83.5 Å². The second-order valence-electron chi connectivity index (χ2n) is 9.33. The van der Waals surface area contributed by atoms with Crippen LogP contribution in [0.4, 0.5) is 0 Å². The fourth-order valence-corrected chi connectivity index (χ4v) is 4.54. The number of methoxy groups -OCH3 is 2. The SMILES string of the molecule is COc1ccc([C@H]2OCC[C@@H](C[C@H](OC)[C@@H](C)[C@@H]3C[C@H]([C@H](C)C=O)OC(C)(C)O3)O2)cc1. The van der Waals surface area contributed by atoms with Crippen LogP contribution < -0.4 is 4.74 Å². The predicted molar refractivity (Wildman–Crippen MR) is 119 cm³/mol. The van der Waals surface area contributed by atoms with E-state index >= 15 is 0 Å². The van der Waals surface area contributed by atoms with Crippen LogP contribution in [-0.4, -0.2) is 57.3 Å². The summed E-state index contributed by atoms with van der Waals surface area (Å²) < 4.78 is 35.5. The smallest absolute Gasteiger partial charge is 0.184 e. The summed E-state index contributed by atoms with van der Waals surface area (Å²) in [6, 6.07) is 7.75. The number of ether oxygens (including phenoxy) is 6. The number of aldehydes is 1. The van der Waals surface area contributed by atoms with Crippen molar-refractivity contribution in [3.05, 3.63) is 29.8 Å². The normalized spacial score (nSPS) is 30.8. The molecule has 1 aromatic rings. The molecule has 32 heavy (non-hydrogen) atoms. The van der Waals surface area contributed by atoms with E-state index in [-0.39, 0.29) is 36.3 Å². The quantitative estimate of drug-likeness (QED) is 0.520. The summed E-state index contributed by atoms with van der Waals surface area (Å²) in [6.45, 7) is 8.47. The van der Waals surface area contributed by atoms with Crippen molar-refractivity contribution in [3.63, 3.8) is 0 Å². The van der Waals surface area contributed by atoms with Crippen molar-refractivity contribution in [2.75, 3.05) is 20.8 Å². The Kier molecular flexibility index (Phi) is 8.69. The van der Waals surface area contributed by atoms with Crippen LogP contribution >= 0.6 is 0 Å². The van der Waals surface area contributed by atoms with Crippen LogP contribution in [0.25, 0.3) is 0 Å². The molecule has 2 fully saturated rings. The minimum absolute atomic E-state index is 0.0146. The highest BCUT2D eigenvalue weighted by atomic mass is 16.7. The van der Waals surface area contributed by atoms with Gasteiger partial charge in [-0.05, 0) is 32.4 Å². The summed E-state index contributed by atoms with van der Waals surface area (Å²) in [5, 5.41) is 0. The molecule has 0 bridgehead atoms. The van der Waals surface area contributed by atoms with Crippen LogP contribution in [0.2, 0.25) is 0 Å². The van der Waals surface area contributed by atoms with E-state index in [2.05, 4.69) is 6.92 Å². The van der Waals surface area contributed by atoms with Gasteiger partial charge in [-0.3, -0.25) is 0 Å². The van der Waals surface area contributed by atoms with Gasteiger partial charge in [0.25, 0.3) is 0 Å². The van der Waals surface area contributed by atoms with Crippen LogP contribution in [0.3, 0.4) is 0 Å². The van der Waals surface area contributed by atoms with E-state index in [1.165, 1.54) is 0 Å². The minimum Gasteiger partial charge on any atom is -0.497 e. The van der Waals surface area contributed by atoms with Gasteiger partial charge in [0.05, 0.1) is 38.1 Å². The lowest BCUT2D eigenvalue weighted by Gasteiger charge is -2.45. The Labute approximate surface area is 191 Å². The molecule has 2 aliphatic rings. The molecule has 0 N–H and O–H groups in total. The van der Waals surface area contributed by atoms with Gasteiger partial charge in [-0.15, -0.1) is 0 Å². The van der Waals surface area contributed by atoms with Gasteiger partial charge in [-0.2, -0.15) is 0 Å². The topological polar surface area (TPSA) is 72.5 Å². The van der Waals surface area contributed by atoms with Gasteiger partial charge in [-0.1, -0.05) is 26.0 Å². The summed E-state index contributed by atoms with van der Waals surface area (Å²) >= 11 is 0. The predicted octanol–water partition coefficient (Wildman–Crippen LogP) is 4.29. The zero-order valence-corrected chi connectivity index (χ0v) is 20.1. The fraction of sp³-hybridized carbons (Fsp3) is 0.720. The lowest BCUT2D eigenvalue weighted by atomic mass is 9.86. The second-order valence-corrected chi connectivity index (χ2v) is 9.33. The molecule has 3 rings (SSSR count). The molecule has 0 radical (unpaired) electrons. The van der Waals surface area contributed by atoms with Crippen molar-refractivity contribution in [1.82, 2.24) is 0 Å². The van der Waals surface area contributed by atoms with Gasteiger partial charge in [-0.25, -0.2) is 0 Å². The first-order chi connectivity index (χ1) is 15.3. The molecule has 2 aliphatic heterocycles. The maximum Gasteiger partial charge on any atom is 0.184 e. The molecule has 180 valence electrons. The van der Waals surface area contributed by atoms with Gasteiger partial charge in [0.1, 0.15) is 12.0 Å². The third kappa shape index (κ3) is 6.29. The largest absolute Gasteiger partial charge is 0.497 e. The van der Waals surface area contributed by atoms with Crippen LogP contribution in [0, 0.1) is 11.8 Å². The first-order valence-electron chi connectivity index (χ1n) is 11.5. The zero-order valence-electron chi connectivity index (χ0n) is 20.1. The monoisotopic (exact) mass is 450 g/mol. The van der Waals surface area contributed by atoms with Gasteiger partial charge in [0.2, 0.25) is 0 Å². The molecule has 0 aliphatic carbocycles. The van der Waals surface area contributed by atoms with Crippen molar-refractivity contribution in [1.29, 1.82) is 0 Å². The molecule has 7 heteroatoms. The maximum absolute atomic E-state index is 11.3. The van der Waals surface area contributed by atoms with Gasteiger partial charge in [0, 0.05) is 37.4 Å². The molecular weight excluding hydrogens is 412 g/mol. The Bertz CT molecular complexity index is 720. The Morgan fingerprint density at radius 2 is 1.81 bits per heavy atom. The standard InChI is InChI=1S/C25H38O7/c1-16(15-26)21-14-23(32-25(3,4)31-21)17(2)22(28-6)13-20-11-12-29-24(30-20)18-7-9-19(27-5)10-8-18/h7-10,15-17,20-24H,11-14H2,1-6H3/t16-,17-,20+,21-,22+,23+,24+/m1/s1. The first-order valence-corrected chi connectivity index (χ1v) is 11.5. The molecule has 0 unspecified atom stereocenters. The number of hydrogen-bond donors (Lipinski definition) is 0. The summed E-state index contributed by atoms with van der Waals surface area (Å²) in [4.78, 5) is 11.3. The van der Waals surface area contributed by atoms with Gasteiger partial charge in [0.15, 0.2) is 12.1 Å². The number of hydrogen-bond acceptors (Lipinski definition) is 7. The Morgan fingerprint density at radius 1 is 1.12 bits per heavy atom. The molecule has 0 spiro atoms. The molecule has 2 saturated heterocycles. The number of carbonyl (C=O) groups excluding carboxylic acids is 1. The van der Waals surface area contributed by atoms with E-state index in [1.54, 1.807) is 14.2 Å². The van der Waals surface area contributed by atoms with E-state index in [0.29, 0.717) is 13.0 Å². The molecular formula is C25H38O7. The summed E-state index contributed by atoms with van der Waals surface area (Å²) in [5.41, 5.74) is 0.970. The number of carbonyl (C=O) groups is 1. The maximum atomic E-state index is 11.3. The van der Waals surface area contributed by atoms with E-state index in [4.69, 9.17) is 28.4 Å². The minimum atomic E-state index is -0.744. The molecule has 1 aromatic carbocycles. The summed E-state index contributed by atoms with van der Waals surface area (Å²) in [6.07, 6.45) is 2.48. The fourth-order valence-electron chi connectivity index (χ4n) is 4.54. The molecule has 7 nitrogen and oxygen atoms in total. The van der Waals surface area contributed by atoms with Crippen molar-refractivity contribution < 1.29 is 33.2 Å². The van der Waals surface area contributed by atoms with Crippen molar-refractivity contribution in [2.24, 2.45) is 11.8 Å². The van der Waals surface area contributed by atoms with Crippen molar-refractivity contribution in [3.8, 4) is 5.75 Å². The Morgan fingerprint density at radius 3 is 2.44 bits per heavy atom.